The van der Waals surface area contributed by atoms with Crippen LogP contribution in [0.25, 0.3) is 0 Å². The molecule has 0 aromatic heterocycles. The molecule has 0 heterocycles. The smallest absolute Gasteiger partial charge is 0.321 e. The normalized spacial score (nSPS) is 9.71. The number of hydrogen-bond donors (Lipinski definition) is 1. The van der Waals surface area contributed by atoms with Crippen LogP contribution in [0.3, 0.4) is 0 Å². The Morgan fingerprint density at radius 1 is 1.43 bits per heavy atom. The van der Waals surface area contributed by atoms with Crippen LogP contribution in [0.4, 0.5) is 10.5 Å². The molecule has 1 N–H and O–H groups in total. The second kappa shape index (κ2) is 4.53. The molecule has 5 heteroatoms. The Bertz CT molecular complexity index is 355. The number of nitrogens with one attached hydrogen (secondary N) is 1. The molecule has 0 atom stereocenters. The number of carbonyl (C=O) groups is 1. The molecule has 0 fully saturated rings. The highest BCUT2D eigenvalue weighted by Gasteiger charge is 2.13. The molecule has 0 radical (unpaired) electrons. The fourth-order valence-electron chi connectivity index (χ4n) is 1.03. The maximum absolute atomic E-state index is 11.3. The lowest BCUT2D eigenvalue weighted by Gasteiger charge is -2.18. The number of amides is 2. The molecule has 0 bridgehead atoms. The van der Waals surface area contributed by atoms with Gasteiger partial charge in [0.15, 0.2) is 0 Å². The first kappa shape index (κ1) is 11.1. The summed E-state index contributed by atoms with van der Waals surface area (Å²) in [6.45, 7) is 0. The van der Waals surface area contributed by atoms with Gasteiger partial charge in [-0.25, -0.2) is 4.79 Å². The summed E-state index contributed by atoms with van der Waals surface area (Å²) in [7, 11) is 3.17. The molecule has 3 nitrogen and oxygen atoms in total. The maximum atomic E-state index is 11.3. The summed E-state index contributed by atoms with van der Waals surface area (Å²) < 4.78 is 0. The minimum Gasteiger partial charge on any atom is -0.341 e. The average Bonchev–Trinajstić information content (AvgIpc) is 2.20. The van der Waals surface area contributed by atoms with Crippen LogP contribution >= 0.6 is 23.2 Å². The highest BCUT2D eigenvalue weighted by atomic mass is 35.5. The molecular weight excluding hydrogens is 223 g/mol. The standard InChI is InChI=1S/C9H10Cl2N2O/c1-12-9(14)13(2)7-5-3-4-6(10)8(7)11/h3-5H,1-2H3,(H,12,14). The van der Waals surface area contributed by atoms with Crippen molar-refractivity contribution in [2.24, 2.45) is 0 Å². The SMILES string of the molecule is CNC(=O)N(C)c1cccc(Cl)c1Cl. The van der Waals surface area contributed by atoms with E-state index in [1.54, 1.807) is 32.3 Å². The van der Waals surface area contributed by atoms with Crippen molar-refractivity contribution in [3.63, 3.8) is 0 Å². The summed E-state index contributed by atoms with van der Waals surface area (Å²) in [4.78, 5) is 12.7. The summed E-state index contributed by atoms with van der Waals surface area (Å²) in [6.07, 6.45) is 0. The van der Waals surface area contributed by atoms with Gasteiger partial charge in [-0.2, -0.15) is 0 Å². The monoisotopic (exact) mass is 232 g/mol. The van der Waals surface area contributed by atoms with Crippen LogP contribution in [0.5, 0.6) is 0 Å². The van der Waals surface area contributed by atoms with Crippen LogP contribution in [0.2, 0.25) is 10.0 Å². The molecule has 1 aromatic rings. The predicted octanol–water partition coefficient (Wildman–Crippen LogP) is 2.77. The van der Waals surface area contributed by atoms with Crippen molar-refractivity contribution in [3.8, 4) is 0 Å². The summed E-state index contributed by atoms with van der Waals surface area (Å²) in [5.74, 6) is 0. The average molecular weight is 233 g/mol. The molecule has 1 rings (SSSR count). The topological polar surface area (TPSA) is 32.3 Å². The first-order valence-corrected chi connectivity index (χ1v) is 4.73. The van der Waals surface area contributed by atoms with E-state index in [0.717, 1.165) is 0 Å². The number of nitrogens with zero attached hydrogens (tertiary/aromatic N) is 1. The molecule has 0 unspecified atom stereocenters. The van der Waals surface area contributed by atoms with E-state index in [2.05, 4.69) is 5.32 Å². The lowest BCUT2D eigenvalue weighted by atomic mass is 10.3. The van der Waals surface area contributed by atoms with E-state index in [-0.39, 0.29) is 6.03 Å². The second-order valence-corrected chi connectivity index (χ2v) is 3.47. The Kier molecular flexibility index (Phi) is 3.61. The number of carbonyl (C=O) groups excluding carboxylic acids is 1. The first-order chi connectivity index (χ1) is 6.57. The molecule has 14 heavy (non-hydrogen) atoms. The fraction of sp³-hybridized carbons (Fsp3) is 0.222. The molecule has 0 aliphatic carbocycles. The Morgan fingerprint density at radius 3 is 2.64 bits per heavy atom. The molecule has 0 aliphatic rings. The number of rotatable bonds is 1. The summed E-state index contributed by atoms with van der Waals surface area (Å²) in [6, 6.07) is 4.89. The number of halogens is 2. The number of benzene rings is 1. The van der Waals surface area contributed by atoms with E-state index in [0.29, 0.717) is 15.7 Å². The van der Waals surface area contributed by atoms with E-state index in [4.69, 9.17) is 23.2 Å². The molecular formula is C9H10Cl2N2O. The molecule has 1 aromatic carbocycles. The van der Waals surface area contributed by atoms with E-state index >= 15 is 0 Å². The van der Waals surface area contributed by atoms with Gasteiger partial charge >= 0.3 is 6.03 Å². The van der Waals surface area contributed by atoms with Crippen molar-refractivity contribution < 1.29 is 4.79 Å². The van der Waals surface area contributed by atoms with Crippen LogP contribution in [-0.4, -0.2) is 20.1 Å². The fourth-order valence-corrected chi connectivity index (χ4v) is 1.45. The van der Waals surface area contributed by atoms with Gasteiger partial charge in [-0.05, 0) is 12.1 Å². The van der Waals surface area contributed by atoms with Crippen LogP contribution in [0.1, 0.15) is 0 Å². The van der Waals surface area contributed by atoms with Crippen molar-refractivity contribution in [2.45, 2.75) is 0 Å². The molecule has 2 amide bonds. The predicted molar refractivity (Wildman–Crippen MR) is 59.3 cm³/mol. The second-order valence-electron chi connectivity index (χ2n) is 2.69. The molecule has 76 valence electrons. The van der Waals surface area contributed by atoms with Gasteiger partial charge in [-0.1, -0.05) is 29.3 Å². The summed E-state index contributed by atoms with van der Waals surface area (Å²) in [5, 5.41) is 3.30. The lowest BCUT2D eigenvalue weighted by molar-refractivity contribution is 0.249. The number of urea groups is 1. The van der Waals surface area contributed by atoms with Crippen LogP contribution in [0, 0.1) is 0 Å². The lowest BCUT2D eigenvalue weighted by Crippen LogP contribution is -2.34. The summed E-state index contributed by atoms with van der Waals surface area (Å²) >= 11 is 11.8. The molecule has 0 aliphatic heterocycles. The van der Waals surface area contributed by atoms with Gasteiger partial charge in [0.05, 0.1) is 15.7 Å². The minimum absolute atomic E-state index is 0.242. The first-order valence-electron chi connectivity index (χ1n) is 3.97. The van der Waals surface area contributed by atoms with Crippen LogP contribution in [-0.2, 0) is 0 Å². The highest BCUT2D eigenvalue weighted by Crippen LogP contribution is 2.31. The van der Waals surface area contributed by atoms with Crippen molar-refractivity contribution in [1.82, 2.24) is 5.32 Å². The maximum Gasteiger partial charge on any atom is 0.321 e. The molecule has 0 saturated carbocycles. The molecule has 0 saturated heterocycles. The number of hydrogen-bond acceptors (Lipinski definition) is 1. The van der Waals surface area contributed by atoms with E-state index in [9.17, 15) is 4.79 Å². The van der Waals surface area contributed by atoms with E-state index < -0.39 is 0 Å². The quantitative estimate of drug-likeness (QED) is 0.794. The van der Waals surface area contributed by atoms with E-state index in [1.807, 2.05) is 0 Å². The van der Waals surface area contributed by atoms with Gasteiger partial charge in [-0.3, -0.25) is 4.90 Å². The third-order valence-electron chi connectivity index (χ3n) is 1.81. The Balaban J connectivity index is 3.07. The van der Waals surface area contributed by atoms with Gasteiger partial charge in [0.1, 0.15) is 0 Å². The Labute approximate surface area is 92.6 Å². The van der Waals surface area contributed by atoms with Crippen molar-refractivity contribution in [2.75, 3.05) is 19.0 Å². The van der Waals surface area contributed by atoms with Crippen LogP contribution in [0.15, 0.2) is 18.2 Å². The van der Waals surface area contributed by atoms with Gasteiger partial charge in [-0.15, -0.1) is 0 Å². The zero-order valence-electron chi connectivity index (χ0n) is 7.84. The van der Waals surface area contributed by atoms with Crippen molar-refractivity contribution in [3.05, 3.63) is 28.2 Å². The highest BCUT2D eigenvalue weighted by molar-refractivity contribution is 6.44. The van der Waals surface area contributed by atoms with Crippen molar-refractivity contribution >= 4 is 34.9 Å². The molecule has 0 spiro atoms. The minimum atomic E-state index is -0.242. The third-order valence-corrected chi connectivity index (χ3v) is 2.62. The van der Waals surface area contributed by atoms with Gasteiger partial charge in [0, 0.05) is 14.1 Å². The van der Waals surface area contributed by atoms with Gasteiger partial charge in [0.25, 0.3) is 0 Å². The Hall–Kier alpha value is -0.930. The van der Waals surface area contributed by atoms with Crippen LogP contribution < -0.4 is 10.2 Å². The zero-order valence-corrected chi connectivity index (χ0v) is 9.36. The van der Waals surface area contributed by atoms with Gasteiger partial charge < -0.3 is 5.32 Å². The van der Waals surface area contributed by atoms with Gasteiger partial charge in [0.2, 0.25) is 0 Å². The summed E-state index contributed by atoms with van der Waals surface area (Å²) in [5.41, 5.74) is 0.582. The van der Waals surface area contributed by atoms with E-state index in [1.165, 1.54) is 4.90 Å². The third kappa shape index (κ3) is 2.11. The zero-order chi connectivity index (χ0) is 10.7. The Morgan fingerprint density at radius 2 is 2.07 bits per heavy atom. The largest absolute Gasteiger partial charge is 0.341 e. The van der Waals surface area contributed by atoms with Crippen molar-refractivity contribution in [1.29, 1.82) is 0 Å². The number of anilines is 1.